The van der Waals surface area contributed by atoms with Gasteiger partial charge < -0.3 is 15.0 Å². The number of rotatable bonds is 14. The van der Waals surface area contributed by atoms with Crippen molar-refractivity contribution in [2.24, 2.45) is 0 Å². The molecule has 2 N–H and O–H groups in total. The zero-order chi connectivity index (χ0) is 31.5. The molecule has 8 nitrogen and oxygen atoms in total. The number of hydrogen-bond acceptors (Lipinski definition) is 5. The van der Waals surface area contributed by atoms with Gasteiger partial charge in [-0.25, -0.2) is 13.1 Å². The molecule has 4 aromatic carbocycles. The van der Waals surface area contributed by atoms with E-state index < -0.39 is 16.1 Å². The van der Waals surface area contributed by atoms with Crippen LogP contribution in [0.2, 0.25) is 0 Å². The maximum absolute atomic E-state index is 14.0. The van der Waals surface area contributed by atoms with Gasteiger partial charge in [0.25, 0.3) is 0 Å². The number of hydrogen-bond donors (Lipinski definition) is 2. The van der Waals surface area contributed by atoms with E-state index in [0.29, 0.717) is 30.8 Å². The van der Waals surface area contributed by atoms with Crippen LogP contribution in [-0.4, -0.2) is 38.8 Å². The van der Waals surface area contributed by atoms with Crippen LogP contribution in [0.15, 0.2) is 108 Å². The summed E-state index contributed by atoms with van der Waals surface area (Å²) in [7, 11) is -1.98. The number of methoxy groups -OCH3 is 1. The van der Waals surface area contributed by atoms with Crippen LogP contribution in [0.25, 0.3) is 0 Å². The van der Waals surface area contributed by atoms with Crippen LogP contribution in [-0.2, 0) is 39.1 Å². The summed E-state index contributed by atoms with van der Waals surface area (Å²) in [6.07, 6.45) is 0.510. The third kappa shape index (κ3) is 8.78. The van der Waals surface area contributed by atoms with Gasteiger partial charge in [-0.15, -0.1) is 0 Å². The molecule has 0 saturated carbocycles. The van der Waals surface area contributed by atoms with E-state index in [4.69, 9.17) is 4.74 Å². The summed E-state index contributed by atoms with van der Waals surface area (Å²) in [4.78, 5) is 29.7. The van der Waals surface area contributed by atoms with Gasteiger partial charge in [0.05, 0.1) is 12.0 Å². The van der Waals surface area contributed by atoms with E-state index in [1.54, 1.807) is 31.1 Å². The minimum absolute atomic E-state index is 0.129. The van der Waals surface area contributed by atoms with Crippen molar-refractivity contribution < 1.29 is 22.7 Å². The second kappa shape index (κ2) is 15.3. The van der Waals surface area contributed by atoms with Crippen LogP contribution in [0.1, 0.15) is 47.2 Å². The topological polar surface area (TPSA) is 105 Å². The smallest absolute Gasteiger partial charge is 0.247 e. The van der Waals surface area contributed by atoms with E-state index in [2.05, 4.69) is 10.0 Å². The number of amides is 2. The quantitative estimate of drug-likeness (QED) is 0.200. The Morgan fingerprint density at radius 2 is 1.43 bits per heavy atom. The first kappa shape index (κ1) is 32.4. The molecular weight excluding hydrogens is 574 g/mol. The van der Waals surface area contributed by atoms with Crippen LogP contribution in [0.5, 0.6) is 5.75 Å². The lowest BCUT2D eigenvalue weighted by Gasteiger charge is -2.32. The Balaban J connectivity index is 1.60. The van der Waals surface area contributed by atoms with Gasteiger partial charge in [0, 0.05) is 26.1 Å². The Labute approximate surface area is 260 Å². The van der Waals surface area contributed by atoms with E-state index in [0.717, 1.165) is 22.3 Å². The van der Waals surface area contributed by atoms with E-state index in [9.17, 15) is 18.0 Å². The number of ether oxygens (including phenoxy) is 1. The van der Waals surface area contributed by atoms with Crippen molar-refractivity contribution in [2.75, 3.05) is 13.7 Å². The zero-order valence-corrected chi connectivity index (χ0v) is 26.1. The predicted molar refractivity (Wildman–Crippen MR) is 171 cm³/mol. The van der Waals surface area contributed by atoms with Crippen molar-refractivity contribution >= 4 is 21.8 Å². The molecule has 0 heterocycles. The summed E-state index contributed by atoms with van der Waals surface area (Å²) in [5.74, 6) is 0.211. The molecule has 0 aliphatic carbocycles. The standard InChI is InChI=1S/C35H39N3O5S/c1-4-37-44(41,42)32-21-16-27(17-22-32)18-23-33(39)38(25-29-14-19-31(43-3)20-15-29)34(30-8-6-5-7-9-30)35(40)36-24-28-12-10-26(2)11-13-28/h5-17,19-22,34,37H,4,18,23-25H2,1-3H3,(H,36,40)/t34-/m0/s1. The number of sulfonamides is 1. The maximum Gasteiger partial charge on any atom is 0.247 e. The average molecular weight is 614 g/mol. The molecule has 0 fully saturated rings. The van der Waals surface area contributed by atoms with E-state index in [-0.39, 0.29) is 29.7 Å². The van der Waals surface area contributed by atoms with Crippen LogP contribution >= 0.6 is 0 Å². The molecule has 0 spiro atoms. The fourth-order valence-corrected chi connectivity index (χ4v) is 5.90. The molecule has 2 amide bonds. The summed E-state index contributed by atoms with van der Waals surface area (Å²) in [5, 5.41) is 3.05. The van der Waals surface area contributed by atoms with Gasteiger partial charge in [-0.2, -0.15) is 0 Å². The van der Waals surface area contributed by atoms with Crippen LogP contribution in [0.4, 0.5) is 0 Å². The fourth-order valence-electron chi connectivity index (χ4n) is 4.85. The second-order valence-corrected chi connectivity index (χ2v) is 12.3. The maximum atomic E-state index is 14.0. The number of carbonyl (C=O) groups is 2. The summed E-state index contributed by atoms with van der Waals surface area (Å²) in [5.41, 5.74) is 4.47. The number of nitrogens with zero attached hydrogens (tertiary/aromatic N) is 1. The Hall–Kier alpha value is -4.47. The van der Waals surface area contributed by atoms with Crippen LogP contribution in [0.3, 0.4) is 0 Å². The Bertz CT molecular complexity index is 1620. The molecule has 1 atom stereocenters. The van der Waals surface area contributed by atoms with E-state index in [1.807, 2.05) is 85.8 Å². The van der Waals surface area contributed by atoms with Gasteiger partial charge in [-0.05, 0) is 59.9 Å². The third-order valence-electron chi connectivity index (χ3n) is 7.29. The number of benzene rings is 4. The largest absolute Gasteiger partial charge is 0.497 e. The highest BCUT2D eigenvalue weighted by molar-refractivity contribution is 7.89. The Morgan fingerprint density at radius 1 is 0.818 bits per heavy atom. The minimum atomic E-state index is -3.57. The van der Waals surface area contributed by atoms with Gasteiger partial charge in [0.2, 0.25) is 21.8 Å². The summed E-state index contributed by atoms with van der Waals surface area (Å²) in [6, 6.07) is 30.3. The van der Waals surface area contributed by atoms with Crippen LogP contribution in [0, 0.1) is 6.92 Å². The molecule has 0 unspecified atom stereocenters. The highest BCUT2D eigenvalue weighted by Gasteiger charge is 2.31. The molecule has 9 heteroatoms. The first-order valence-corrected chi connectivity index (χ1v) is 16.1. The molecule has 0 radical (unpaired) electrons. The van der Waals surface area contributed by atoms with Crippen molar-refractivity contribution in [1.29, 1.82) is 0 Å². The molecule has 230 valence electrons. The molecule has 0 saturated heterocycles. The predicted octanol–water partition coefficient (Wildman–Crippen LogP) is 5.32. The SMILES string of the molecule is CCNS(=O)(=O)c1ccc(CCC(=O)N(Cc2ccc(OC)cc2)[C@H](C(=O)NCc2ccc(C)cc2)c2ccccc2)cc1. The lowest BCUT2D eigenvalue weighted by Crippen LogP contribution is -2.43. The summed E-state index contributed by atoms with van der Waals surface area (Å²) < 4.78 is 32.4. The van der Waals surface area contributed by atoms with Crippen molar-refractivity contribution in [3.05, 3.63) is 131 Å². The summed E-state index contributed by atoms with van der Waals surface area (Å²) in [6.45, 7) is 4.57. The van der Waals surface area contributed by atoms with E-state index in [1.165, 1.54) is 12.1 Å². The Kier molecular flexibility index (Phi) is 11.3. The van der Waals surface area contributed by atoms with Gasteiger partial charge >= 0.3 is 0 Å². The minimum Gasteiger partial charge on any atom is -0.497 e. The van der Waals surface area contributed by atoms with Crippen LogP contribution < -0.4 is 14.8 Å². The molecule has 0 aliphatic rings. The van der Waals surface area contributed by atoms with E-state index >= 15 is 0 Å². The Morgan fingerprint density at radius 3 is 2.05 bits per heavy atom. The zero-order valence-electron chi connectivity index (χ0n) is 25.3. The lowest BCUT2D eigenvalue weighted by molar-refractivity contribution is -0.141. The molecule has 0 aliphatic heterocycles. The second-order valence-electron chi connectivity index (χ2n) is 10.5. The monoisotopic (exact) mass is 613 g/mol. The number of aryl methyl sites for hydroxylation is 2. The molecule has 44 heavy (non-hydrogen) atoms. The average Bonchev–Trinajstić information content (AvgIpc) is 3.04. The molecule has 0 aromatic heterocycles. The molecule has 0 bridgehead atoms. The first-order chi connectivity index (χ1) is 21.2. The molecular formula is C35H39N3O5S. The van der Waals surface area contributed by atoms with Gasteiger partial charge in [-0.3, -0.25) is 9.59 Å². The number of carbonyl (C=O) groups excluding carboxylic acids is 2. The normalized spacial score (nSPS) is 11.9. The highest BCUT2D eigenvalue weighted by Crippen LogP contribution is 2.26. The van der Waals surface area contributed by atoms with Gasteiger partial charge in [-0.1, -0.05) is 91.3 Å². The lowest BCUT2D eigenvalue weighted by atomic mass is 10.0. The fraction of sp³-hybridized carbons (Fsp3) is 0.257. The summed E-state index contributed by atoms with van der Waals surface area (Å²) >= 11 is 0. The van der Waals surface area contributed by atoms with Crippen molar-refractivity contribution in [3.63, 3.8) is 0 Å². The van der Waals surface area contributed by atoms with Gasteiger partial charge in [0.15, 0.2) is 0 Å². The van der Waals surface area contributed by atoms with Gasteiger partial charge in [0.1, 0.15) is 11.8 Å². The molecule has 4 aromatic rings. The first-order valence-electron chi connectivity index (χ1n) is 14.6. The molecule has 4 rings (SSSR count). The highest BCUT2D eigenvalue weighted by atomic mass is 32.2. The van der Waals surface area contributed by atoms with Crippen molar-refractivity contribution in [1.82, 2.24) is 14.9 Å². The number of nitrogens with one attached hydrogen (secondary N) is 2. The third-order valence-corrected chi connectivity index (χ3v) is 8.85. The van der Waals surface area contributed by atoms with Crippen molar-refractivity contribution in [3.8, 4) is 5.75 Å². The van der Waals surface area contributed by atoms with Crippen molar-refractivity contribution in [2.45, 2.75) is 50.7 Å².